The van der Waals surface area contributed by atoms with Crippen molar-refractivity contribution in [2.24, 2.45) is 0 Å². The van der Waals surface area contributed by atoms with E-state index in [0.29, 0.717) is 16.7 Å². The summed E-state index contributed by atoms with van der Waals surface area (Å²) >= 11 is -2.16. The lowest BCUT2D eigenvalue weighted by atomic mass is 9.83. The van der Waals surface area contributed by atoms with Crippen LogP contribution in [0.5, 0.6) is 5.75 Å². The van der Waals surface area contributed by atoms with Gasteiger partial charge in [0.05, 0.1) is 0 Å². The topological polar surface area (TPSA) is 53.0 Å². The minimum Gasteiger partial charge on any atom is -0.488 e. The van der Waals surface area contributed by atoms with Crippen LogP contribution in [0.15, 0.2) is 83.8 Å². The van der Waals surface area contributed by atoms with E-state index < -0.39 is 11.1 Å². The van der Waals surface area contributed by atoms with Crippen LogP contribution in [-0.4, -0.2) is 54.0 Å². The average molecular weight is 579 g/mol. The zero-order valence-electron chi connectivity index (χ0n) is 25.7. The van der Waals surface area contributed by atoms with Gasteiger partial charge in [-0.25, -0.2) is 4.21 Å². The van der Waals surface area contributed by atoms with Crippen molar-refractivity contribution in [2.75, 3.05) is 33.1 Å². The molecule has 3 aromatic rings. The first-order chi connectivity index (χ1) is 19.8. The van der Waals surface area contributed by atoms with Crippen molar-refractivity contribution in [3.05, 3.63) is 90.0 Å². The van der Waals surface area contributed by atoms with Crippen molar-refractivity contribution in [1.29, 1.82) is 0 Å². The molecule has 0 aliphatic carbocycles. The zero-order chi connectivity index (χ0) is 29.6. The summed E-state index contributed by atoms with van der Waals surface area (Å²) in [6.07, 6.45) is 10.5. The molecule has 0 amide bonds. The lowest BCUT2D eigenvalue weighted by Crippen LogP contribution is -2.33. The summed E-state index contributed by atoms with van der Waals surface area (Å²) in [7, 11) is 8.29. The van der Waals surface area contributed by atoms with Gasteiger partial charge in [-0.15, -0.1) is 0 Å². The summed E-state index contributed by atoms with van der Waals surface area (Å²) in [5.74, 6) is 0.438. The average Bonchev–Trinajstić information content (AvgIpc) is 2.97. The number of rotatable bonds is 18. The second-order valence-corrected chi connectivity index (χ2v) is 12.4. The molecule has 5 nitrogen and oxygen atoms in total. The van der Waals surface area contributed by atoms with Crippen molar-refractivity contribution in [1.82, 2.24) is 4.90 Å². The molecule has 1 N–H and O–H groups in total. The number of anilines is 1. The fraction of sp³-hybridized carbons (Fsp3) is 0.486. The van der Waals surface area contributed by atoms with Gasteiger partial charge >= 0.3 is 0 Å². The van der Waals surface area contributed by atoms with Gasteiger partial charge in [-0.05, 0) is 56.6 Å². The van der Waals surface area contributed by atoms with Crippen molar-refractivity contribution in [2.45, 2.75) is 87.7 Å². The Bertz CT molecular complexity index is 1130. The van der Waals surface area contributed by atoms with Crippen LogP contribution in [0.3, 0.4) is 0 Å². The number of unbranched alkanes of at least 4 members (excludes halogenated alkanes) is 5. The predicted molar refractivity (Wildman–Crippen MR) is 174 cm³/mol. The van der Waals surface area contributed by atoms with Gasteiger partial charge in [0.15, 0.2) is 11.1 Å². The van der Waals surface area contributed by atoms with Gasteiger partial charge in [-0.1, -0.05) is 106 Å². The highest BCUT2D eigenvalue weighted by molar-refractivity contribution is 7.79. The Balaban J connectivity index is 1.95. The van der Waals surface area contributed by atoms with Crippen LogP contribution in [-0.2, 0) is 11.1 Å². The fourth-order valence-corrected chi connectivity index (χ4v) is 6.05. The van der Waals surface area contributed by atoms with Gasteiger partial charge in [0, 0.05) is 37.8 Å². The van der Waals surface area contributed by atoms with E-state index in [4.69, 9.17) is 4.74 Å². The summed E-state index contributed by atoms with van der Waals surface area (Å²) < 4.78 is 29.4. The van der Waals surface area contributed by atoms with Crippen LogP contribution in [0.2, 0.25) is 0 Å². The van der Waals surface area contributed by atoms with E-state index in [1.54, 1.807) is 6.07 Å². The van der Waals surface area contributed by atoms with Gasteiger partial charge in [0.25, 0.3) is 0 Å². The molecule has 0 spiro atoms. The maximum absolute atomic E-state index is 12.4. The van der Waals surface area contributed by atoms with Gasteiger partial charge in [-0.3, -0.25) is 0 Å². The van der Waals surface area contributed by atoms with Crippen LogP contribution in [0, 0.1) is 0 Å². The first-order valence-electron chi connectivity index (χ1n) is 15.2. The van der Waals surface area contributed by atoms with Crippen LogP contribution in [0.25, 0.3) is 0 Å². The maximum atomic E-state index is 12.4. The predicted octanol–water partition coefficient (Wildman–Crippen LogP) is 8.37. The molecule has 0 heterocycles. The minimum atomic E-state index is -2.16. The molecule has 0 radical (unpaired) electrons. The van der Waals surface area contributed by atoms with Gasteiger partial charge in [0.1, 0.15) is 16.7 Å². The summed E-state index contributed by atoms with van der Waals surface area (Å²) in [6, 6.07) is 26.9. The highest BCUT2D eigenvalue weighted by atomic mass is 32.2. The Kier molecular flexibility index (Phi) is 13.9. The summed E-state index contributed by atoms with van der Waals surface area (Å²) in [5, 5.41) is 0. The molecular formula is C35H50N2O3S. The molecule has 0 aromatic heterocycles. The molecule has 6 heteroatoms. The highest BCUT2D eigenvalue weighted by Crippen LogP contribution is 2.36. The third-order valence-corrected chi connectivity index (χ3v) is 8.72. The number of hydrogen-bond donors (Lipinski definition) is 1. The first kappa shape index (κ1) is 32.8. The molecule has 0 saturated heterocycles. The third-order valence-electron chi connectivity index (χ3n) is 8.00. The lowest BCUT2D eigenvalue weighted by molar-refractivity contribution is 0.146. The molecule has 0 aliphatic rings. The Hall–Kier alpha value is -2.67. The van der Waals surface area contributed by atoms with E-state index in [1.807, 2.05) is 43.3 Å². The second-order valence-electron chi connectivity index (χ2n) is 11.5. The Morgan fingerprint density at radius 2 is 1.34 bits per heavy atom. The van der Waals surface area contributed by atoms with Gasteiger partial charge < -0.3 is 19.1 Å². The molecule has 3 unspecified atom stereocenters. The fourth-order valence-electron chi connectivity index (χ4n) is 5.59. The van der Waals surface area contributed by atoms with Crippen molar-refractivity contribution >= 4 is 16.8 Å². The largest absolute Gasteiger partial charge is 0.488 e. The van der Waals surface area contributed by atoms with Gasteiger partial charge in [0.2, 0.25) is 0 Å². The summed E-state index contributed by atoms with van der Waals surface area (Å²) in [4.78, 5) is 4.64. The van der Waals surface area contributed by atoms with Crippen LogP contribution < -0.4 is 9.64 Å². The quantitative estimate of drug-likeness (QED) is 0.121. The maximum Gasteiger partial charge on any atom is 0.190 e. The molecule has 0 aliphatic heterocycles. The molecule has 0 saturated carbocycles. The molecule has 3 aromatic carbocycles. The standard InChI is InChI=1S/C35H50N2O3S/c1-6-7-8-9-10-17-22-30(36(2)3)23-25-32(40-33-27-31(37(4)5)24-26-34(33)41(38)39)35(28-18-13-11-14-19-28)29-20-15-12-16-21-29/h11-16,18-21,24,26-27,30,32,35H,6-10,17,22-23,25H2,1-5H3,(H,38,39). The molecule has 3 atom stereocenters. The highest BCUT2D eigenvalue weighted by Gasteiger charge is 2.29. The third kappa shape index (κ3) is 10.3. The van der Waals surface area contributed by atoms with Crippen molar-refractivity contribution in [3.8, 4) is 5.75 Å². The molecule has 224 valence electrons. The van der Waals surface area contributed by atoms with E-state index in [0.717, 1.165) is 24.9 Å². The first-order valence-corrected chi connectivity index (χ1v) is 16.3. The van der Waals surface area contributed by atoms with Gasteiger partial charge in [-0.2, -0.15) is 0 Å². The van der Waals surface area contributed by atoms with Crippen molar-refractivity contribution < 1.29 is 13.5 Å². The number of hydrogen-bond acceptors (Lipinski definition) is 4. The number of benzene rings is 3. The van der Waals surface area contributed by atoms with E-state index in [-0.39, 0.29) is 12.0 Å². The molecule has 0 bridgehead atoms. The van der Waals surface area contributed by atoms with E-state index >= 15 is 0 Å². The minimum absolute atomic E-state index is 0.0303. The molecular weight excluding hydrogens is 528 g/mol. The monoisotopic (exact) mass is 578 g/mol. The summed E-state index contributed by atoms with van der Waals surface area (Å²) in [5.41, 5.74) is 3.28. The second kappa shape index (κ2) is 17.3. The normalized spacial score (nSPS) is 13.8. The molecule has 41 heavy (non-hydrogen) atoms. The Morgan fingerprint density at radius 3 is 1.88 bits per heavy atom. The Morgan fingerprint density at radius 1 is 0.756 bits per heavy atom. The van der Waals surface area contributed by atoms with E-state index in [9.17, 15) is 8.76 Å². The SMILES string of the molecule is CCCCCCCCC(CCC(Oc1cc(N(C)C)ccc1S(=O)O)C(c1ccccc1)c1ccccc1)N(C)C. The number of nitrogens with zero attached hydrogens (tertiary/aromatic N) is 2. The van der Waals surface area contributed by atoms with Crippen LogP contribution in [0.1, 0.15) is 81.8 Å². The zero-order valence-corrected chi connectivity index (χ0v) is 26.5. The Labute approximate surface area is 251 Å². The lowest BCUT2D eigenvalue weighted by Gasteiger charge is -2.32. The van der Waals surface area contributed by atoms with Crippen LogP contribution in [0.4, 0.5) is 5.69 Å². The van der Waals surface area contributed by atoms with E-state index in [2.05, 4.69) is 74.4 Å². The van der Waals surface area contributed by atoms with E-state index in [1.165, 1.54) is 49.7 Å². The molecule has 0 fully saturated rings. The molecule has 3 rings (SSSR count). The van der Waals surface area contributed by atoms with Crippen molar-refractivity contribution in [3.63, 3.8) is 0 Å². The smallest absolute Gasteiger partial charge is 0.190 e. The van der Waals surface area contributed by atoms with Crippen LogP contribution >= 0.6 is 0 Å². The summed E-state index contributed by atoms with van der Waals surface area (Å²) in [6.45, 7) is 2.26. The number of ether oxygens (including phenoxy) is 1.